The van der Waals surface area contributed by atoms with Crippen molar-refractivity contribution in [1.82, 2.24) is 0 Å². The molecular weight excluding hydrogens is 338 g/mol. The molecule has 0 heterocycles. The van der Waals surface area contributed by atoms with Crippen LogP contribution in [0.4, 0.5) is 0 Å². The van der Waals surface area contributed by atoms with Gasteiger partial charge in [-0.15, -0.1) is 0 Å². The zero-order valence-corrected chi connectivity index (χ0v) is 15.9. The minimum Gasteiger partial charge on any atom is -1.00 e. The van der Waals surface area contributed by atoms with E-state index in [-0.39, 0.29) is 60.7 Å². The predicted octanol–water partition coefficient (Wildman–Crippen LogP) is -3.96. The summed E-state index contributed by atoms with van der Waals surface area (Å²) in [6.07, 6.45) is 0.608. The van der Waals surface area contributed by atoms with E-state index in [1.165, 1.54) is 0 Å². The van der Waals surface area contributed by atoms with E-state index in [9.17, 15) is 0 Å². The molecule has 8 N–H and O–H groups in total. The number of hydrogen-bond donors (Lipinski definition) is 6. The Labute approximate surface area is 158 Å². The van der Waals surface area contributed by atoms with Crippen LogP contribution >= 0.6 is 0 Å². The fraction of sp³-hybridized carbons (Fsp3) is 0.700. The van der Waals surface area contributed by atoms with Crippen molar-refractivity contribution in [3.05, 3.63) is 0 Å². The van der Waals surface area contributed by atoms with Crippen molar-refractivity contribution >= 4 is 17.9 Å². The normalized spacial score (nSPS) is 8.29. The van der Waals surface area contributed by atoms with E-state index in [1.807, 2.05) is 0 Å². The standard InChI is InChI=1S/C4H12N2O.3C2H4O2.Mn.Na.H/c5-3-4(6)1-2-7;3*1-2(3)4;;;/h4,7H,1-3,5-6H2;3*1H3,(H,3,4);;;/q;;;;;+1;-1. The number of aliphatic hydroxyl groups excluding tert-OH is 1. The molecule has 0 saturated heterocycles. The average molecular weight is 363 g/mol. The summed E-state index contributed by atoms with van der Waals surface area (Å²) in [6, 6.07) is -0.0231. The van der Waals surface area contributed by atoms with Gasteiger partial charge >= 0.3 is 29.6 Å². The van der Waals surface area contributed by atoms with Gasteiger partial charge < -0.3 is 33.3 Å². The summed E-state index contributed by atoms with van der Waals surface area (Å²) in [5.41, 5.74) is 10.4. The van der Waals surface area contributed by atoms with Crippen LogP contribution in [0.15, 0.2) is 0 Å². The van der Waals surface area contributed by atoms with E-state index in [2.05, 4.69) is 0 Å². The van der Waals surface area contributed by atoms with Crippen molar-refractivity contribution in [2.75, 3.05) is 13.2 Å². The number of nitrogens with two attached hydrogens (primary N) is 2. The van der Waals surface area contributed by atoms with Crippen LogP contribution in [0.2, 0.25) is 0 Å². The second-order valence-corrected chi connectivity index (χ2v) is 3.07. The first-order chi connectivity index (χ1) is 8.50. The van der Waals surface area contributed by atoms with Crippen LogP contribution in [0.1, 0.15) is 28.6 Å². The number of carbonyl (C=O) groups is 3. The largest absolute Gasteiger partial charge is 1.00 e. The third-order valence-corrected chi connectivity index (χ3v) is 0.803. The molecule has 0 aliphatic carbocycles. The summed E-state index contributed by atoms with van der Waals surface area (Å²) in [5, 5.41) is 30.5. The number of aliphatic hydroxyl groups is 1. The SMILES string of the molecule is CC(=O)O.CC(=O)O.CC(=O)O.NCC(N)CCO.[H-].[Mn].[Na+]. The maximum Gasteiger partial charge on any atom is 1.00 e. The molecule has 1 unspecified atom stereocenters. The molecule has 125 valence electrons. The molecule has 0 bridgehead atoms. The second kappa shape index (κ2) is 32.0. The smallest absolute Gasteiger partial charge is 1.00 e. The van der Waals surface area contributed by atoms with Gasteiger partial charge in [0, 0.05) is 57.0 Å². The molecule has 0 aromatic carbocycles. The van der Waals surface area contributed by atoms with E-state index < -0.39 is 17.9 Å². The van der Waals surface area contributed by atoms with Crippen molar-refractivity contribution in [3.63, 3.8) is 0 Å². The summed E-state index contributed by atoms with van der Waals surface area (Å²) in [4.78, 5) is 27.0. The molecule has 0 fully saturated rings. The van der Waals surface area contributed by atoms with Crippen molar-refractivity contribution < 1.29 is 82.9 Å². The molecule has 1 radical (unpaired) electrons. The maximum atomic E-state index is 9.00. The number of rotatable bonds is 3. The Bertz CT molecular complexity index is 211. The van der Waals surface area contributed by atoms with Gasteiger partial charge in [-0.3, -0.25) is 14.4 Å². The van der Waals surface area contributed by atoms with E-state index >= 15 is 0 Å². The topological polar surface area (TPSA) is 184 Å². The first-order valence-electron chi connectivity index (χ1n) is 5.16. The summed E-state index contributed by atoms with van der Waals surface area (Å²) < 4.78 is 0. The predicted molar refractivity (Wildman–Crippen MR) is 69.8 cm³/mol. The summed E-state index contributed by atoms with van der Waals surface area (Å²) >= 11 is 0. The molecule has 0 aliphatic rings. The summed E-state index contributed by atoms with van der Waals surface area (Å²) in [6.45, 7) is 3.85. The van der Waals surface area contributed by atoms with Crippen LogP contribution in [0.3, 0.4) is 0 Å². The van der Waals surface area contributed by atoms with E-state index in [0.29, 0.717) is 13.0 Å². The Morgan fingerprint density at radius 3 is 1.24 bits per heavy atom. The van der Waals surface area contributed by atoms with Crippen molar-refractivity contribution in [2.24, 2.45) is 11.5 Å². The Balaban J connectivity index is -0.0000000270. The van der Waals surface area contributed by atoms with Gasteiger partial charge in [-0.05, 0) is 6.42 Å². The van der Waals surface area contributed by atoms with Crippen molar-refractivity contribution in [3.8, 4) is 0 Å². The minimum absolute atomic E-state index is 0. The Morgan fingerprint density at radius 2 is 1.19 bits per heavy atom. The van der Waals surface area contributed by atoms with Gasteiger partial charge in [0.05, 0.1) is 0 Å². The van der Waals surface area contributed by atoms with Crippen LogP contribution in [0.5, 0.6) is 0 Å². The van der Waals surface area contributed by atoms with Gasteiger partial charge in [0.2, 0.25) is 0 Å². The molecule has 0 spiro atoms. The summed E-state index contributed by atoms with van der Waals surface area (Å²) in [5.74, 6) is -2.50. The average Bonchev–Trinajstić information content (AvgIpc) is 2.15. The van der Waals surface area contributed by atoms with E-state index in [4.69, 9.17) is 46.3 Å². The van der Waals surface area contributed by atoms with Gasteiger partial charge in [-0.25, -0.2) is 0 Å². The van der Waals surface area contributed by atoms with Gasteiger partial charge in [0.1, 0.15) is 0 Å². The fourth-order valence-electron chi connectivity index (χ4n) is 0.284. The molecule has 0 amide bonds. The van der Waals surface area contributed by atoms with Gasteiger partial charge in [0.15, 0.2) is 0 Å². The van der Waals surface area contributed by atoms with Gasteiger partial charge in [-0.1, -0.05) is 0 Å². The van der Waals surface area contributed by atoms with Gasteiger partial charge in [0.25, 0.3) is 17.9 Å². The zero-order chi connectivity index (χ0) is 16.4. The third kappa shape index (κ3) is 272. The minimum atomic E-state index is -0.833. The molecule has 11 heteroatoms. The molecule has 21 heavy (non-hydrogen) atoms. The monoisotopic (exact) mass is 363 g/mol. The van der Waals surface area contributed by atoms with Crippen LogP contribution in [0, 0.1) is 0 Å². The Kier molecular flexibility index (Phi) is 56.7. The molecule has 0 aliphatic heterocycles. The zero-order valence-electron chi connectivity index (χ0n) is 13.7. The number of hydrogen-bond acceptors (Lipinski definition) is 6. The van der Waals surface area contributed by atoms with E-state index in [1.54, 1.807) is 0 Å². The van der Waals surface area contributed by atoms with Crippen LogP contribution in [-0.2, 0) is 31.5 Å². The van der Waals surface area contributed by atoms with Crippen molar-refractivity contribution in [1.29, 1.82) is 0 Å². The van der Waals surface area contributed by atoms with Crippen molar-refractivity contribution in [2.45, 2.75) is 33.2 Å². The van der Waals surface area contributed by atoms with Gasteiger partial charge in [-0.2, -0.15) is 0 Å². The number of carboxylic acid groups (broad SMARTS) is 3. The van der Waals surface area contributed by atoms with Crippen LogP contribution < -0.4 is 41.0 Å². The molecule has 0 rings (SSSR count). The quantitative estimate of drug-likeness (QED) is 0.272. The Morgan fingerprint density at radius 1 is 1.00 bits per heavy atom. The molecular formula is C10H25MnN2NaO7. The maximum absolute atomic E-state index is 9.00. The number of aliphatic carboxylic acids is 3. The molecule has 0 saturated carbocycles. The molecule has 0 aromatic heterocycles. The third-order valence-electron chi connectivity index (χ3n) is 0.803. The molecule has 9 nitrogen and oxygen atoms in total. The molecule has 1 atom stereocenters. The number of carboxylic acids is 3. The first kappa shape index (κ1) is 37.2. The van der Waals surface area contributed by atoms with Crippen LogP contribution in [-0.4, -0.2) is 57.5 Å². The van der Waals surface area contributed by atoms with Crippen LogP contribution in [0.25, 0.3) is 0 Å². The Hall–Kier alpha value is -0.191. The van der Waals surface area contributed by atoms with E-state index in [0.717, 1.165) is 20.8 Å². The summed E-state index contributed by atoms with van der Waals surface area (Å²) in [7, 11) is 0. The first-order valence-corrected chi connectivity index (χ1v) is 5.16. The molecule has 0 aromatic rings. The fourth-order valence-corrected chi connectivity index (χ4v) is 0.284. The second-order valence-electron chi connectivity index (χ2n) is 3.07.